The zero-order valence-electron chi connectivity index (χ0n) is 19.4. The number of ether oxygens (including phenoxy) is 3. The number of carboxylic acids is 1. The molecule has 7 heteroatoms. The predicted octanol–water partition coefficient (Wildman–Crippen LogP) is 4.40. The van der Waals surface area contributed by atoms with Crippen molar-refractivity contribution in [3.05, 3.63) is 102 Å². The van der Waals surface area contributed by atoms with E-state index in [9.17, 15) is 9.59 Å². The first-order chi connectivity index (χ1) is 17.0. The van der Waals surface area contributed by atoms with E-state index >= 15 is 0 Å². The van der Waals surface area contributed by atoms with E-state index in [4.69, 9.17) is 14.6 Å². The van der Waals surface area contributed by atoms with Crippen LogP contribution in [0.1, 0.15) is 16.7 Å². The summed E-state index contributed by atoms with van der Waals surface area (Å²) in [7, 11) is 3.28. The topological polar surface area (TPSA) is 85.3 Å². The monoisotopic (exact) mass is 471 g/mol. The van der Waals surface area contributed by atoms with Gasteiger partial charge in [0.25, 0.3) is 0 Å². The summed E-state index contributed by atoms with van der Waals surface area (Å²) in [6.45, 7) is 1.35. The fourth-order valence-electron chi connectivity index (χ4n) is 3.20. The molecule has 0 fully saturated rings. The molecule has 0 spiro atoms. The van der Waals surface area contributed by atoms with Gasteiger partial charge in [-0.25, -0.2) is 9.59 Å². The number of carbonyl (C=O) groups is 2. The van der Waals surface area contributed by atoms with Gasteiger partial charge in [0.05, 0.1) is 14.2 Å². The summed E-state index contributed by atoms with van der Waals surface area (Å²) in [5.74, 6) is 2.26. The summed E-state index contributed by atoms with van der Waals surface area (Å²) >= 11 is 0. The van der Waals surface area contributed by atoms with Crippen LogP contribution in [0.2, 0.25) is 0 Å². The Morgan fingerprint density at radius 1 is 0.800 bits per heavy atom. The van der Waals surface area contributed by atoms with E-state index in [2.05, 4.69) is 21.7 Å². The van der Waals surface area contributed by atoms with E-state index in [0.29, 0.717) is 24.7 Å². The number of methoxy groups -OCH3 is 2. The van der Waals surface area contributed by atoms with Crippen LogP contribution in [0.25, 0.3) is 0 Å². The van der Waals surface area contributed by atoms with Crippen molar-refractivity contribution in [1.82, 2.24) is 0 Å². The average molecular weight is 472 g/mol. The van der Waals surface area contributed by atoms with Gasteiger partial charge in [0.1, 0.15) is 17.6 Å². The Morgan fingerprint density at radius 3 is 1.77 bits per heavy atom. The van der Waals surface area contributed by atoms with Gasteiger partial charge < -0.3 is 24.2 Å². The normalized spacial score (nSPS) is 10.2. The minimum Gasteiger partial charge on any atom is -0.497 e. The third kappa shape index (κ3) is 7.98. The van der Waals surface area contributed by atoms with Crippen LogP contribution in [0.3, 0.4) is 0 Å². The van der Waals surface area contributed by atoms with Gasteiger partial charge in [-0.3, -0.25) is 0 Å². The molecule has 0 aliphatic heterocycles. The number of benzene rings is 3. The zero-order chi connectivity index (χ0) is 25.0. The van der Waals surface area contributed by atoms with Crippen LogP contribution in [-0.4, -0.2) is 31.3 Å². The largest absolute Gasteiger partial charge is 0.497 e. The third-order valence-electron chi connectivity index (χ3n) is 5.01. The SMILES string of the molecule is COc1ccc(CN(Cc2ccc(OC)cc2)c2ccc(C#COC(=O)/C=C/C(=O)O)cc2)cc1. The number of carboxylic acid groups (broad SMARTS) is 1. The molecule has 0 heterocycles. The van der Waals surface area contributed by atoms with E-state index in [1.54, 1.807) is 14.2 Å². The Balaban J connectivity index is 1.76. The number of hydrogen-bond donors (Lipinski definition) is 1. The maximum Gasteiger partial charge on any atom is 0.344 e. The molecule has 0 radical (unpaired) electrons. The molecule has 7 nitrogen and oxygen atoms in total. The molecule has 0 aliphatic carbocycles. The molecule has 0 saturated carbocycles. The maximum atomic E-state index is 11.4. The minimum absolute atomic E-state index is 0.651. The summed E-state index contributed by atoms with van der Waals surface area (Å²) in [4.78, 5) is 24.1. The number of carbonyl (C=O) groups excluding carboxylic acids is 1. The van der Waals surface area contributed by atoms with Crippen molar-refractivity contribution < 1.29 is 28.9 Å². The molecule has 0 aromatic heterocycles. The third-order valence-corrected chi connectivity index (χ3v) is 5.01. The number of nitrogens with zero attached hydrogens (tertiary/aromatic N) is 1. The van der Waals surface area contributed by atoms with Crippen molar-refractivity contribution in [2.45, 2.75) is 13.1 Å². The highest BCUT2D eigenvalue weighted by Crippen LogP contribution is 2.23. The first-order valence-electron chi connectivity index (χ1n) is 10.7. The van der Waals surface area contributed by atoms with E-state index in [1.165, 1.54) is 0 Å². The van der Waals surface area contributed by atoms with Gasteiger partial charge in [-0.1, -0.05) is 24.3 Å². The standard InChI is InChI=1S/C28H25NO6/c1-33-25-11-5-22(6-12-25)19-29(20-23-7-13-26(34-2)14-8-23)24-9-3-21(4-10-24)17-18-35-28(32)16-15-27(30)31/h3-16H,19-20H2,1-2H3,(H,30,31)/b16-15+. The van der Waals surface area contributed by atoms with Crippen LogP contribution in [0, 0.1) is 12.0 Å². The van der Waals surface area contributed by atoms with Gasteiger partial charge in [-0.05, 0) is 65.6 Å². The van der Waals surface area contributed by atoms with Crippen molar-refractivity contribution in [3.63, 3.8) is 0 Å². The minimum atomic E-state index is -1.24. The van der Waals surface area contributed by atoms with Gasteiger partial charge in [0.15, 0.2) is 0 Å². The van der Waals surface area contributed by atoms with Crippen LogP contribution in [0.4, 0.5) is 5.69 Å². The molecule has 1 N–H and O–H groups in total. The second kappa shape index (κ2) is 12.5. The van der Waals surface area contributed by atoms with Crippen molar-refractivity contribution in [1.29, 1.82) is 0 Å². The fraction of sp³-hybridized carbons (Fsp3) is 0.143. The highest BCUT2D eigenvalue weighted by Gasteiger charge is 2.10. The molecule has 0 atom stereocenters. The molecule has 3 aromatic rings. The average Bonchev–Trinajstić information content (AvgIpc) is 2.88. The molecule has 35 heavy (non-hydrogen) atoms. The van der Waals surface area contributed by atoms with Gasteiger partial charge in [-0.2, -0.15) is 0 Å². The summed E-state index contributed by atoms with van der Waals surface area (Å²) in [5.41, 5.74) is 3.90. The molecule has 3 aromatic carbocycles. The van der Waals surface area contributed by atoms with E-state index in [1.807, 2.05) is 72.8 Å². The second-order valence-electron chi connectivity index (χ2n) is 7.42. The summed E-state index contributed by atoms with van der Waals surface area (Å²) < 4.78 is 15.2. The Hall–Kier alpha value is -4.70. The first-order valence-corrected chi connectivity index (χ1v) is 10.7. The van der Waals surface area contributed by atoms with E-state index in [0.717, 1.165) is 34.4 Å². The van der Waals surface area contributed by atoms with Crippen LogP contribution in [0.5, 0.6) is 11.5 Å². The van der Waals surface area contributed by atoms with Crippen molar-refractivity contribution in [2.75, 3.05) is 19.1 Å². The lowest BCUT2D eigenvalue weighted by Gasteiger charge is -2.25. The Morgan fingerprint density at radius 2 is 1.31 bits per heavy atom. The van der Waals surface area contributed by atoms with Crippen LogP contribution >= 0.6 is 0 Å². The van der Waals surface area contributed by atoms with Crippen molar-refractivity contribution in [3.8, 4) is 23.5 Å². The van der Waals surface area contributed by atoms with Gasteiger partial charge >= 0.3 is 11.9 Å². The van der Waals surface area contributed by atoms with E-state index < -0.39 is 11.9 Å². The van der Waals surface area contributed by atoms with Gasteiger partial charge in [0, 0.05) is 36.5 Å². The van der Waals surface area contributed by atoms with Gasteiger partial charge in [-0.15, -0.1) is 0 Å². The molecular formula is C28H25NO6. The smallest absolute Gasteiger partial charge is 0.344 e. The molecule has 0 amide bonds. The Kier molecular flexibility index (Phi) is 8.92. The lowest BCUT2D eigenvalue weighted by atomic mass is 10.1. The predicted molar refractivity (Wildman–Crippen MR) is 132 cm³/mol. The second-order valence-corrected chi connectivity index (χ2v) is 7.42. The number of rotatable bonds is 9. The zero-order valence-corrected chi connectivity index (χ0v) is 19.4. The highest BCUT2D eigenvalue weighted by molar-refractivity contribution is 5.91. The molecule has 0 aliphatic rings. The molecule has 178 valence electrons. The van der Waals surface area contributed by atoms with Crippen LogP contribution in [0.15, 0.2) is 84.9 Å². The maximum absolute atomic E-state index is 11.4. The quantitative estimate of drug-likeness (QED) is 0.281. The summed E-state index contributed by atoms with van der Waals surface area (Å²) in [6.07, 6.45) is 3.79. The molecule has 3 rings (SSSR count). The van der Waals surface area contributed by atoms with E-state index in [-0.39, 0.29) is 0 Å². The first kappa shape index (κ1) is 24.9. The summed E-state index contributed by atoms with van der Waals surface area (Å²) in [5, 5.41) is 8.52. The van der Waals surface area contributed by atoms with Crippen molar-refractivity contribution in [2.24, 2.45) is 0 Å². The van der Waals surface area contributed by atoms with Crippen molar-refractivity contribution >= 4 is 17.6 Å². The highest BCUT2D eigenvalue weighted by atomic mass is 16.5. The lowest BCUT2D eigenvalue weighted by molar-refractivity contribution is -0.134. The molecule has 0 unspecified atom stereocenters. The fourth-order valence-corrected chi connectivity index (χ4v) is 3.20. The number of esters is 1. The molecule has 0 bridgehead atoms. The lowest BCUT2D eigenvalue weighted by Crippen LogP contribution is -2.22. The molecule has 0 saturated heterocycles. The number of anilines is 1. The number of hydrogen-bond acceptors (Lipinski definition) is 6. The molecular weight excluding hydrogens is 446 g/mol. The van der Waals surface area contributed by atoms with Crippen LogP contribution in [-0.2, 0) is 27.4 Å². The van der Waals surface area contributed by atoms with Crippen LogP contribution < -0.4 is 14.4 Å². The Labute approximate surface area is 204 Å². The summed E-state index contributed by atoms with van der Waals surface area (Å²) in [6, 6.07) is 23.4. The van der Waals surface area contributed by atoms with Gasteiger partial charge in [0.2, 0.25) is 0 Å². The Bertz CT molecular complexity index is 1170. The number of aliphatic carboxylic acids is 1.